The van der Waals surface area contributed by atoms with E-state index in [1.807, 2.05) is 13.8 Å². The molecule has 3 nitrogen and oxygen atoms in total. The van der Waals surface area contributed by atoms with Gasteiger partial charge in [0.15, 0.2) is 0 Å². The second kappa shape index (κ2) is 7.98. The van der Waals surface area contributed by atoms with Gasteiger partial charge in [-0.25, -0.2) is 0 Å². The lowest BCUT2D eigenvalue weighted by molar-refractivity contribution is 0.0953. The molecule has 18 heavy (non-hydrogen) atoms. The lowest BCUT2D eigenvalue weighted by atomic mass is 10.2. The molecule has 0 saturated heterocycles. The predicted molar refractivity (Wildman–Crippen MR) is 74.5 cm³/mol. The minimum atomic E-state index is -0.0553. The van der Waals surface area contributed by atoms with Crippen LogP contribution in [0.2, 0.25) is 0 Å². The van der Waals surface area contributed by atoms with Crippen molar-refractivity contribution < 1.29 is 9.53 Å². The molecular weight excluding hydrogens is 250 g/mol. The van der Waals surface area contributed by atoms with Gasteiger partial charge in [0, 0.05) is 17.5 Å². The zero-order valence-electron chi connectivity index (χ0n) is 10.9. The Morgan fingerprint density at radius 2 is 2.06 bits per heavy atom. The number of halogens is 1. The molecule has 1 aromatic carbocycles. The Morgan fingerprint density at radius 1 is 1.39 bits per heavy atom. The third-order valence-electron chi connectivity index (χ3n) is 2.49. The first kappa shape index (κ1) is 14.8. The molecule has 0 aliphatic carbocycles. The van der Waals surface area contributed by atoms with Crippen LogP contribution in [0.4, 0.5) is 0 Å². The van der Waals surface area contributed by atoms with Gasteiger partial charge in [0.25, 0.3) is 5.91 Å². The Hall–Kier alpha value is -1.22. The highest BCUT2D eigenvalue weighted by atomic mass is 35.5. The summed E-state index contributed by atoms with van der Waals surface area (Å²) in [4.78, 5) is 11.8. The third-order valence-corrected chi connectivity index (χ3v) is 2.71. The fourth-order valence-corrected chi connectivity index (χ4v) is 1.71. The molecule has 1 unspecified atom stereocenters. The summed E-state index contributed by atoms with van der Waals surface area (Å²) >= 11 is 5.83. The standard InChI is InChI=1S/C14H20ClNO2/c1-3-18-13-8-6-12(7-9-13)14(17)16-10-4-5-11(2)15/h6-9,11H,3-5,10H2,1-2H3,(H,16,17). The molecular formula is C14H20ClNO2. The van der Waals surface area contributed by atoms with Crippen LogP contribution in [-0.2, 0) is 0 Å². The summed E-state index contributed by atoms with van der Waals surface area (Å²) < 4.78 is 5.32. The number of ether oxygens (including phenoxy) is 1. The van der Waals surface area contributed by atoms with Crippen molar-refractivity contribution in [2.24, 2.45) is 0 Å². The van der Waals surface area contributed by atoms with Crippen LogP contribution in [0.1, 0.15) is 37.0 Å². The lowest BCUT2D eigenvalue weighted by Crippen LogP contribution is -2.24. The topological polar surface area (TPSA) is 38.3 Å². The van der Waals surface area contributed by atoms with Crippen LogP contribution in [0.3, 0.4) is 0 Å². The highest BCUT2D eigenvalue weighted by Gasteiger charge is 2.05. The van der Waals surface area contributed by atoms with Crippen molar-refractivity contribution in [3.05, 3.63) is 29.8 Å². The number of alkyl halides is 1. The Morgan fingerprint density at radius 3 is 2.61 bits per heavy atom. The summed E-state index contributed by atoms with van der Waals surface area (Å²) in [6, 6.07) is 7.15. The molecule has 1 rings (SSSR count). The third kappa shape index (κ3) is 5.41. The van der Waals surface area contributed by atoms with Gasteiger partial charge in [0.05, 0.1) is 6.61 Å². The summed E-state index contributed by atoms with van der Waals surface area (Å²) in [7, 11) is 0. The smallest absolute Gasteiger partial charge is 0.251 e. The van der Waals surface area contributed by atoms with Gasteiger partial charge in [0.1, 0.15) is 5.75 Å². The maximum Gasteiger partial charge on any atom is 0.251 e. The van der Waals surface area contributed by atoms with Crippen molar-refractivity contribution in [2.75, 3.05) is 13.2 Å². The Kier molecular flexibility index (Phi) is 6.58. The minimum Gasteiger partial charge on any atom is -0.494 e. The second-order valence-corrected chi connectivity index (χ2v) is 4.88. The number of hydrogen-bond donors (Lipinski definition) is 1. The first-order valence-electron chi connectivity index (χ1n) is 6.28. The van der Waals surface area contributed by atoms with E-state index in [0.717, 1.165) is 18.6 Å². The zero-order chi connectivity index (χ0) is 13.4. The van der Waals surface area contributed by atoms with E-state index in [4.69, 9.17) is 16.3 Å². The van der Waals surface area contributed by atoms with Crippen molar-refractivity contribution in [3.8, 4) is 5.75 Å². The summed E-state index contributed by atoms with van der Waals surface area (Å²) in [6.07, 6.45) is 1.80. The summed E-state index contributed by atoms with van der Waals surface area (Å²) in [5, 5.41) is 3.03. The van der Waals surface area contributed by atoms with Crippen molar-refractivity contribution in [1.82, 2.24) is 5.32 Å². The van der Waals surface area contributed by atoms with E-state index in [1.165, 1.54) is 0 Å². The monoisotopic (exact) mass is 269 g/mol. The summed E-state index contributed by atoms with van der Waals surface area (Å²) in [6.45, 7) is 5.17. The number of carbonyl (C=O) groups is 1. The quantitative estimate of drug-likeness (QED) is 0.610. The predicted octanol–water partition coefficient (Wildman–Crippen LogP) is 3.22. The van der Waals surface area contributed by atoms with Crippen LogP contribution in [0.25, 0.3) is 0 Å². The van der Waals surface area contributed by atoms with Crippen LogP contribution < -0.4 is 10.1 Å². The minimum absolute atomic E-state index is 0.0553. The molecule has 1 N–H and O–H groups in total. The molecule has 0 aliphatic rings. The molecule has 4 heteroatoms. The van der Waals surface area contributed by atoms with E-state index in [9.17, 15) is 4.79 Å². The summed E-state index contributed by atoms with van der Waals surface area (Å²) in [5.41, 5.74) is 0.650. The van der Waals surface area contributed by atoms with Crippen molar-refractivity contribution in [2.45, 2.75) is 32.1 Å². The fourth-order valence-electron chi connectivity index (χ4n) is 1.56. The maximum absolute atomic E-state index is 11.8. The molecule has 0 radical (unpaired) electrons. The molecule has 0 aromatic heterocycles. The van der Waals surface area contributed by atoms with Gasteiger partial charge in [-0.2, -0.15) is 0 Å². The van der Waals surface area contributed by atoms with E-state index in [1.54, 1.807) is 24.3 Å². The van der Waals surface area contributed by atoms with E-state index in [2.05, 4.69) is 5.32 Å². The van der Waals surface area contributed by atoms with Crippen molar-refractivity contribution >= 4 is 17.5 Å². The van der Waals surface area contributed by atoms with Crippen molar-refractivity contribution in [1.29, 1.82) is 0 Å². The number of nitrogens with one attached hydrogen (secondary N) is 1. The average Bonchev–Trinajstić information content (AvgIpc) is 2.35. The van der Waals surface area contributed by atoms with Gasteiger partial charge >= 0.3 is 0 Å². The van der Waals surface area contributed by atoms with Gasteiger partial charge < -0.3 is 10.1 Å². The molecule has 0 spiro atoms. The number of hydrogen-bond acceptors (Lipinski definition) is 2. The summed E-state index contributed by atoms with van der Waals surface area (Å²) in [5.74, 6) is 0.727. The van der Waals surface area contributed by atoms with Crippen LogP contribution in [0.15, 0.2) is 24.3 Å². The van der Waals surface area contributed by atoms with E-state index < -0.39 is 0 Å². The molecule has 0 saturated carbocycles. The highest BCUT2D eigenvalue weighted by Crippen LogP contribution is 2.12. The Labute approximate surface area is 113 Å². The molecule has 0 fully saturated rings. The SMILES string of the molecule is CCOc1ccc(C(=O)NCCCC(C)Cl)cc1. The van der Waals surface area contributed by atoms with Crippen molar-refractivity contribution in [3.63, 3.8) is 0 Å². The molecule has 1 amide bonds. The van der Waals surface area contributed by atoms with Crippen LogP contribution in [-0.4, -0.2) is 24.4 Å². The number of amides is 1. The number of carbonyl (C=O) groups excluding carboxylic acids is 1. The first-order valence-corrected chi connectivity index (χ1v) is 6.72. The van der Waals surface area contributed by atoms with Gasteiger partial charge in [0.2, 0.25) is 0 Å². The fraction of sp³-hybridized carbons (Fsp3) is 0.500. The Bertz CT molecular complexity index is 363. The Balaban J connectivity index is 2.37. The molecule has 0 aliphatic heterocycles. The molecule has 0 bridgehead atoms. The van der Waals surface area contributed by atoms with E-state index in [-0.39, 0.29) is 11.3 Å². The number of rotatable bonds is 7. The zero-order valence-corrected chi connectivity index (χ0v) is 11.7. The molecule has 0 heterocycles. The van der Waals surface area contributed by atoms with E-state index in [0.29, 0.717) is 18.7 Å². The highest BCUT2D eigenvalue weighted by molar-refractivity contribution is 6.20. The van der Waals surface area contributed by atoms with Gasteiger partial charge in [-0.3, -0.25) is 4.79 Å². The lowest BCUT2D eigenvalue weighted by Gasteiger charge is -2.07. The van der Waals surface area contributed by atoms with Crippen LogP contribution >= 0.6 is 11.6 Å². The molecule has 1 atom stereocenters. The average molecular weight is 270 g/mol. The maximum atomic E-state index is 11.8. The van der Waals surface area contributed by atoms with E-state index >= 15 is 0 Å². The molecule has 1 aromatic rings. The van der Waals surface area contributed by atoms with Gasteiger partial charge in [-0.05, 0) is 51.0 Å². The van der Waals surface area contributed by atoms with Gasteiger partial charge in [-0.1, -0.05) is 0 Å². The van der Waals surface area contributed by atoms with Gasteiger partial charge in [-0.15, -0.1) is 11.6 Å². The molecule has 100 valence electrons. The first-order chi connectivity index (χ1) is 8.63. The normalized spacial score (nSPS) is 11.9. The van der Waals surface area contributed by atoms with Crippen LogP contribution in [0.5, 0.6) is 5.75 Å². The second-order valence-electron chi connectivity index (χ2n) is 4.14. The number of benzene rings is 1. The largest absolute Gasteiger partial charge is 0.494 e. The van der Waals surface area contributed by atoms with Crippen LogP contribution in [0, 0.1) is 0 Å².